The van der Waals surface area contributed by atoms with Gasteiger partial charge in [-0.3, -0.25) is 14.4 Å². The van der Waals surface area contributed by atoms with E-state index in [-0.39, 0.29) is 29.5 Å². The number of carbonyl (C=O) groups is 2. The Morgan fingerprint density at radius 3 is 2.25 bits per heavy atom. The van der Waals surface area contributed by atoms with Crippen molar-refractivity contribution in [2.75, 3.05) is 45.6 Å². The Morgan fingerprint density at radius 2 is 1.62 bits per heavy atom. The minimum Gasteiger partial charge on any atom is -0.497 e. The van der Waals surface area contributed by atoms with Gasteiger partial charge in [-0.1, -0.05) is 6.07 Å². The zero-order valence-corrected chi connectivity index (χ0v) is 23.2. The number of fused-ring (bicyclic) bond motifs is 3. The van der Waals surface area contributed by atoms with Crippen LogP contribution in [0, 0.1) is 0 Å². The van der Waals surface area contributed by atoms with Gasteiger partial charge in [-0.15, -0.1) is 0 Å². The third-order valence-electron chi connectivity index (χ3n) is 6.73. The van der Waals surface area contributed by atoms with E-state index < -0.39 is 6.04 Å². The molecule has 0 fully saturated rings. The predicted octanol–water partition coefficient (Wildman–Crippen LogP) is 3.92. The maximum Gasteiger partial charge on any atom is 0.243 e. The molecular weight excluding hydrogens is 514 g/mol. The van der Waals surface area contributed by atoms with Crippen molar-refractivity contribution in [1.29, 1.82) is 0 Å². The van der Waals surface area contributed by atoms with Gasteiger partial charge in [-0.25, -0.2) is 0 Å². The first-order valence-corrected chi connectivity index (χ1v) is 12.7. The fraction of sp³-hybridized carbons (Fsp3) is 0.300. The van der Waals surface area contributed by atoms with Crippen molar-refractivity contribution in [3.63, 3.8) is 0 Å². The molecule has 3 aromatic carbocycles. The molecule has 0 saturated carbocycles. The molecule has 1 atom stereocenters. The summed E-state index contributed by atoms with van der Waals surface area (Å²) in [6.07, 6.45) is 1.15. The van der Waals surface area contributed by atoms with Gasteiger partial charge < -0.3 is 34.9 Å². The van der Waals surface area contributed by atoms with Crippen molar-refractivity contribution in [3.05, 3.63) is 69.9 Å². The summed E-state index contributed by atoms with van der Waals surface area (Å²) in [5.74, 6) is 1.56. The SMILES string of the molecule is COc1ccc(NC(=O)CNc2ccc3c(cc2=O)C(NC(C)=O)CCc2cc(OC)c(OC)c(OC)c2-3)cc1. The number of ether oxygens (including phenoxy) is 4. The molecule has 10 heteroatoms. The minimum atomic E-state index is -0.423. The number of aryl methyl sites for hydroxylation is 1. The lowest BCUT2D eigenvalue weighted by molar-refractivity contribution is -0.119. The molecule has 1 aliphatic rings. The quantitative estimate of drug-likeness (QED) is 0.368. The Kier molecular flexibility index (Phi) is 8.78. The Bertz CT molecular complexity index is 1470. The van der Waals surface area contributed by atoms with E-state index in [0.29, 0.717) is 52.7 Å². The highest BCUT2D eigenvalue weighted by Crippen LogP contribution is 2.50. The van der Waals surface area contributed by atoms with Crippen LogP contribution in [0.2, 0.25) is 0 Å². The summed E-state index contributed by atoms with van der Waals surface area (Å²) in [6.45, 7) is 1.32. The summed E-state index contributed by atoms with van der Waals surface area (Å²) in [5, 5.41) is 8.72. The van der Waals surface area contributed by atoms with E-state index in [1.807, 2.05) is 6.07 Å². The van der Waals surface area contributed by atoms with Gasteiger partial charge in [-0.2, -0.15) is 0 Å². The minimum absolute atomic E-state index is 0.129. The van der Waals surface area contributed by atoms with Gasteiger partial charge in [0.2, 0.25) is 23.0 Å². The summed E-state index contributed by atoms with van der Waals surface area (Å²) in [4.78, 5) is 38.1. The van der Waals surface area contributed by atoms with Crippen LogP contribution in [-0.2, 0) is 16.0 Å². The van der Waals surface area contributed by atoms with Gasteiger partial charge in [0.05, 0.1) is 46.7 Å². The van der Waals surface area contributed by atoms with Crippen molar-refractivity contribution in [2.45, 2.75) is 25.8 Å². The molecule has 1 aliphatic carbocycles. The monoisotopic (exact) mass is 547 g/mol. The number of carbonyl (C=O) groups excluding carboxylic acids is 2. The predicted molar refractivity (Wildman–Crippen MR) is 153 cm³/mol. The average molecular weight is 548 g/mol. The van der Waals surface area contributed by atoms with E-state index in [1.165, 1.54) is 20.1 Å². The zero-order chi connectivity index (χ0) is 28.8. The van der Waals surface area contributed by atoms with E-state index in [2.05, 4.69) is 16.0 Å². The first-order chi connectivity index (χ1) is 19.3. The number of nitrogens with one attached hydrogen (secondary N) is 3. The smallest absolute Gasteiger partial charge is 0.243 e. The molecule has 210 valence electrons. The fourth-order valence-corrected chi connectivity index (χ4v) is 4.91. The molecule has 40 heavy (non-hydrogen) atoms. The number of benzene rings is 2. The maximum absolute atomic E-state index is 13.4. The van der Waals surface area contributed by atoms with Gasteiger partial charge in [0.25, 0.3) is 0 Å². The molecule has 0 aromatic heterocycles. The second-order valence-corrected chi connectivity index (χ2v) is 9.23. The normalized spacial score (nSPS) is 13.6. The molecule has 1 unspecified atom stereocenters. The molecule has 0 saturated heterocycles. The van der Waals surface area contributed by atoms with Crippen LogP contribution in [0.1, 0.15) is 30.5 Å². The molecular formula is C30H33N3O7. The number of amides is 2. The van der Waals surface area contributed by atoms with Gasteiger partial charge in [0.15, 0.2) is 11.5 Å². The van der Waals surface area contributed by atoms with Crippen LogP contribution in [0.25, 0.3) is 11.1 Å². The van der Waals surface area contributed by atoms with Gasteiger partial charge >= 0.3 is 0 Å². The molecule has 3 aromatic rings. The molecule has 0 bridgehead atoms. The highest BCUT2D eigenvalue weighted by atomic mass is 16.5. The fourth-order valence-electron chi connectivity index (χ4n) is 4.91. The van der Waals surface area contributed by atoms with Crippen molar-refractivity contribution >= 4 is 23.2 Å². The largest absolute Gasteiger partial charge is 0.497 e. The van der Waals surface area contributed by atoms with E-state index in [1.54, 1.807) is 57.7 Å². The molecule has 10 nitrogen and oxygen atoms in total. The topological polar surface area (TPSA) is 124 Å². The second kappa shape index (κ2) is 12.4. The first-order valence-electron chi connectivity index (χ1n) is 12.7. The number of anilines is 2. The van der Waals surface area contributed by atoms with Gasteiger partial charge in [0.1, 0.15) is 5.75 Å². The maximum atomic E-state index is 13.4. The van der Waals surface area contributed by atoms with Crippen LogP contribution in [0.15, 0.2) is 53.3 Å². The van der Waals surface area contributed by atoms with Crippen LogP contribution in [0.5, 0.6) is 23.0 Å². The van der Waals surface area contributed by atoms with Gasteiger partial charge in [0, 0.05) is 18.2 Å². The lowest BCUT2D eigenvalue weighted by Gasteiger charge is -2.19. The molecule has 0 radical (unpaired) electrons. The van der Waals surface area contributed by atoms with Crippen molar-refractivity contribution in [3.8, 4) is 34.1 Å². The Hall–Kier alpha value is -4.73. The Morgan fingerprint density at radius 1 is 0.900 bits per heavy atom. The molecule has 0 heterocycles. The second-order valence-electron chi connectivity index (χ2n) is 9.23. The van der Waals surface area contributed by atoms with Crippen LogP contribution in [0.3, 0.4) is 0 Å². The number of hydrogen-bond acceptors (Lipinski definition) is 8. The van der Waals surface area contributed by atoms with Crippen molar-refractivity contribution < 1.29 is 28.5 Å². The summed E-state index contributed by atoms with van der Waals surface area (Å²) in [5.41, 5.74) is 3.54. The molecule has 2 amide bonds. The van der Waals surface area contributed by atoms with E-state index in [4.69, 9.17) is 18.9 Å². The van der Waals surface area contributed by atoms with Crippen LogP contribution in [0.4, 0.5) is 11.4 Å². The summed E-state index contributed by atoms with van der Waals surface area (Å²) in [6, 6.07) is 13.3. The average Bonchev–Trinajstić information content (AvgIpc) is 3.19. The number of methoxy groups -OCH3 is 4. The number of rotatable bonds is 9. The van der Waals surface area contributed by atoms with Crippen molar-refractivity contribution in [2.24, 2.45) is 0 Å². The zero-order valence-electron chi connectivity index (χ0n) is 23.2. The van der Waals surface area contributed by atoms with Crippen molar-refractivity contribution in [1.82, 2.24) is 5.32 Å². The summed E-state index contributed by atoms with van der Waals surface area (Å²) >= 11 is 0. The Balaban J connectivity index is 1.74. The summed E-state index contributed by atoms with van der Waals surface area (Å²) < 4.78 is 22.1. The van der Waals surface area contributed by atoms with Crippen LogP contribution >= 0.6 is 0 Å². The van der Waals surface area contributed by atoms with E-state index >= 15 is 0 Å². The number of hydrogen-bond donors (Lipinski definition) is 3. The third kappa shape index (κ3) is 5.96. The summed E-state index contributed by atoms with van der Waals surface area (Å²) in [7, 11) is 6.20. The standard InChI is InChI=1S/C30H33N3O7/c1-17(34)32-23-12-6-18-14-26(38-3)29(39-4)30(40-5)28(18)21-11-13-24(25(35)15-22(21)23)31-16-27(36)33-19-7-9-20(37-2)10-8-19/h7-11,13-15,23H,6,12,16H2,1-5H3,(H,31,35)(H,32,34)(H,33,36). The lowest BCUT2D eigenvalue weighted by Crippen LogP contribution is -2.27. The lowest BCUT2D eigenvalue weighted by atomic mass is 9.95. The molecule has 4 rings (SSSR count). The molecule has 0 spiro atoms. The highest BCUT2D eigenvalue weighted by Gasteiger charge is 2.29. The van der Waals surface area contributed by atoms with E-state index in [9.17, 15) is 14.4 Å². The van der Waals surface area contributed by atoms with E-state index in [0.717, 1.165) is 11.1 Å². The Labute approximate surface area is 232 Å². The first kappa shape index (κ1) is 28.3. The molecule has 0 aliphatic heterocycles. The van der Waals surface area contributed by atoms with Gasteiger partial charge in [-0.05, 0) is 72.0 Å². The molecule has 3 N–H and O–H groups in total. The van der Waals surface area contributed by atoms with Crippen LogP contribution < -0.4 is 40.3 Å². The highest BCUT2D eigenvalue weighted by molar-refractivity contribution is 5.94. The third-order valence-corrected chi connectivity index (χ3v) is 6.73. The van der Waals surface area contributed by atoms with Crippen LogP contribution in [-0.4, -0.2) is 46.8 Å².